The van der Waals surface area contributed by atoms with Crippen molar-refractivity contribution < 1.29 is 43.0 Å². The summed E-state index contributed by atoms with van der Waals surface area (Å²) in [5.74, 6) is -0.0357. The van der Waals surface area contributed by atoms with Gasteiger partial charge >= 0.3 is 19.8 Å². The number of aliphatic hydroxyl groups is 1. The van der Waals surface area contributed by atoms with Gasteiger partial charge in [0.25, 0.3) is 0 Å². The van der Waals surface area contributed by atoms with Gasteiger partial charge in [0.2, 0.25) is 0 Å². The molecule has 0 aliphatic rings. The Balaban J connectivity index is 3.89. The third-order valence-electron chi connectivity index (χ3n) is 10.3. The first-order valence-electron chi connectivity index (χ1n) is 22.8. The van der Waals surface area contributed by atoms with Gasteiger partial charge in [-0.3, -0.25) is 14.1 Å². The minimum absolute atomic E-state index is 0.200. The van der Waals surface area contributed by atoms with E-state index in [1.54, 1.807) is 6.08 Å². The van der Waals surface area contributed by atoms with Crippen LogP contribution >= 0.6 is 7.82 Å². The van der Waals surface area contributed by atoms with Crippen LogP contribution < -0.4 is 0 Å². The van der Waals surface area contributed by atoms with Crippen LogP contribution in [0, 0.1) is 5.92 Å². The monoisotopic (exact) mass is 813 g/mol. The molecule has 0 aliphatic carbocycles. The molecule has 0 aromatic heterocycles. The fourth-order valence-corrected chi connectivity index (χ4v) is 6.86. The van der Waals surface area contributed by atoms with E-state index in [9.17, 15) is 19.3 Å². The van der Waals surface area contributed by atoms with Gasteiger partial charge in [-0.15, -0.1) is 0 Å². The number of unbranched alkanes of at least 4 members (excludes halogenated alkanes) is 22. The highest BCUT2D eigenvalue weighted by atomic mass is 31.2. The Labute approximate surface area is 343 Å². The fraction of sp³-hybridized carbons (Fsp3) is 0.826. The molecule has 2 unspecified atom stereocenters. The van der Waals surface area contributed by atoms with E-state index < -0.39 is 38.6 Å². The molecule has 56 heavy (non-hydrogen) atoms. The molecule has 0 amide bonds. The van der Waals surface area contributed by atoms with E-state index in [-0.39, 0.29) is 19.4 Å². The van der Waals surface area contributed by atoms with Gasteiger partial charge in [0.1, 0.15) is 6.61 Å². The van der Waals surface area contributed by atoms with Crippen molar-refractivity contribution in [1.82, 2.24) is 0 Å². The summed E-state index contributed by atoms with van der Waals surface area (Å²) in [6, 6.07) is 0. The Kier molecular flexibility index (Phi) is 38.8. The number of carbonyl (C=O) groups excluding carboxylic acids is 2. The second-order valence-corrected chi connectivity index (χ2v) is 17.0. The molecule has 0 rings (SSSR count). The summed E-state index contributed by atoms with van der Waals surface area (Å²) in [7, 11) is -4.77. The van der Waals surface area contributed by atoms with Crippen LogP contribution in [-0.4, -0.2) is 52.3 Å². The summed E-state index contributed by atoms with van der Waals surface area (Å²) in [5, 5.41) is 9.84. The van der Waals surface area contributed by atoms with Crippen LogP contribution in [0.15, 0.2) is 36.5 Å². The van der Waals surface area contributed by atoms with E-state index in [2.05, 4.69) is 31.4 Å². The Morgan fingerprint density at radius 2 is 1.09 bits per heavy atom. The zero-order valence-electron chi connectivity index (χ0n) is 36.1. The average molecular weight is 813 g/mol. The van der Waals surface area contributed by atoms with Gasteiger partial charge in [0, 0.05) is 12.8 Å². The molecular formula is C46H85O9P. The lowest BCUT2D eigenvalue weighted by Crippen LogP contribution is -2.29. The molecule has 0 saturated heterocycles. The van der Waals surface area contributed by atoms with Gasteiger partial charge in [-0.05, 0) is 44.4 Å². The molecule has 0 aromatic rings. The summed E-state index contributed by atoms with van der Waals surface area (Å²) in [6.45, 7) is 5.86. The maximum absolute atomic E-state index is 12.4. The minimum atomic E-state index is -4.77. The number of esters is 2. The second-order valence-electron chi connectivity index (χ2n) is 15.8. The van der Waals surface area contributed by atoms with Crippen LogP contribution in [0.3, 0.4) is 0 Å². The molecule has 0 fully saturated rings. The van der Waals surface area contributed by atoms with Gasteiger partial charge < -0.3 is 24.4 Å². The predicted molar refractivity (Wildman–Crippen MR) is 231 cm³/mol. The van der Waals surface area contributed by atoms with E-state index in [0.29, 0.717) is 19.3 Å². The third kappa shape index (κ3) is 41.9. The van der Waals surface area contributed by atoms with Gasteiger partial charge in [0.05, 0.1) is 12.7 Å². The van der Waals surface area contributed by atoms with Gasteiger partial charge in [-0.1, -0.05) is 198 Å². The van der Waals surface area contributed by atoms with Crippen molar-refractivity contribution in [2.75, 3.05) is 13.2 Å². The highest BCUT2D eigenvalue weighted by Crippen LogP contribution is 2.36. The van der Waals surface area contributed by atoms with Crippen molar-refractivity contribution in [1.29, 1.82) is 0 Å². The van der Waals surface area contributed by atoms with Crippen molar-refractivity contribution in [3.63, 3.8) is 0 Å². The highest BCUT2D eigenvalue weighted by molar-refractivity contribution is 7.46. The maximum atomic E-state index is 12.4. The summed E-state index contributed by atoms with van der Waals surface area (Å²) in [6.07, 6.45) is 43.4. The summed E-state index contributed by atoms with van der Waals surface area (Å²) < 4.78 is 26.4. The molecule has 0 heterocycles. The van der Waals surface area contributed by atoms with E-state index in [1.165, 1.54) is 103 Å². The topological polar surface area (TPSA) is 140 Å². The molecule has 3 atom stereocenters. The maximum Gasteiger partial charge on any atom is 0.469 e. The lowest BCUT2D eigenvalue weighted by atomic mass is 9.99. The van der Waals surface area contributed by atoms with Crippen molar-refractivity contribution in [3.05, 3.63) is 36.5 Å². The molecular weight excluding hydrogens is 727 g/mol. The molecule has 328 valence electrons. The number of aliphatic hydroxyl groups excluding tert-OH is 1. The molecule has 10 heteroatoms. The average Bonchev–Trinajstić information content (AvgIpc) is 3.16. The van der Waals surface area contributed by atoms with Crippen molar-refractivity contribution in [3.8, 4) is 0 Å². The van der Waals surface area contributed by atoms with E-state index in [0.717, 1.165) is 63.7 Å². The smallest absolute Gasteiger partial charge is 0.462 e. The molecule has 3 N–H and O–H groups in total. The second kappa shape index (κ2) is 40.0. The van der Waals surface area contributed by atoms with Crippen molar-refractivity contribution >= 4 is 19.8 Å². The minimum Gasteiger partial charge on any atom is -0.462 e. The highest BCUT2D eigenvalue weighted by Gasteiger charge is 2.23. The van der Waals surface area contributed by atoms with Crippen LogP contribution in [-0.2, 0) is 28.2 Å². The van der Waals surface area contributed by atoms with E-state index in [1.807, 2.05) is 24.3 Å². The first kappa shape index (κ1) is 54.2. The Bertz CT molecular complexity index is 1040. The first-order chi connectivity index (χ1) is 27.1. The zero-order valence-corrected chi connectivity index (χ0v) is 37.0. The van der Waals surface area contributed by atoms with Crippen LogP contribution in [0.2, 0.25) is 0 Å². The largest absolute Gasteiger partial charge is 0.469 e. The normalized spacial score (nSPS) is 13.9. The van der Waals surface area contributed by atoms with Gasteiger partial charge in [-0.25, -0.2) is 4.57 Å². The number of hydrogen-bond donors (Lipinski definition) is 3. The van der Waals surface area contributed by atoms with Crippen molar-refractivity contribution in [2.45, 2.75) is 226 Å². The lowest BCUT2D eigenvalue weighted by Gasteiger charge is -2.18. The molecule has 0 radical (unpaired) electrons. The molecule has 0 aromatic carbocycles. The van der Waals surface area contributed by atoms with Crippen molar-refractivity contribution in [2.24, 2.45) is 5.92 Å². The summed E-state index contributed by atoms with van der Waals surface area (Å²) in [4.78, 5) is 42.9. The number of allylic oxidation sites excluding steroid dienone is 4. The SMILES string of the molecule is CC/C=C/CC(O)/C=C/C=C/CCCCCCCC(=O)OC[C@H](COP(=O)(O)O)OC(=O)CCCCCCCCCCCCCCCCCCCCC(C)CC. The molecule has 0 saturated carbocycles. The Morgan fingerprint density at radius 1 is 0.607 bits per heavy atom. The van der Waals surface area contributed by atoms with E-state index >= 15 is 0 Å². The van der Waals surface area contributed by atoms with Crippen LogP contribution in [0.4, 0.5) is 0 Å². The zero-order chi connectivity index (χ0) is 41.4. The predicted octanol–water partition coefficient (Wildman–Crippen LogP) is 13.0. The number of phosphoric ester groups is 1. The Hall–Kier alpha value is -1.77. The Morgan fingerprint density at radius 3 is 1.59 bits per heavy atom. The van der Waals surface area contributed by atoms with Gasteiger partial charge in [-0.2, -0.15) is 0 Å². The molecule has 0 aliphatic heterocycles. The van der Waals surface area contributed by atoms with Crippen LogP contribution in [0.5, 0.6) is 0 Å². The first-order valence-corrected chi connectivity index (χ1v) is 24.3. The number of rotatable bonds is 41. The quantitative estimate of drug-likeness (QED) is 0.0181. The molecule has 0 spiro atoms. The van der Waals surface area contributed by atoms with Gasteiger partial charge in [0.15, 0.2) is 6.10 Å². The molecule has 0 bridgehead atoms. The fourth-order valence-electron chi connectivity index (χ4n) is 6.50. The number of ether oxygens (including phenoxy) is 2. The van der Waals surface area contributed by atoms with Crippen LogP contribution in [0.25, 0.3) is 0 Å². The summed E-state index contributed by atoms with van der Waals surface area (Å²) in [5.41, 5.74) is 0. The third-order valence-corrected chi connectivity index (χ3v) is 10.8. The van der Waals surface area contributed by atoms with Crippen LogP contribution in [0.1, 0.15) is 213 Å². The number of phosphoric acid groups is 1. The molecule has 9 nitrogen and oxygen atoms in total. The van der Waals surface area contributed by atoms with E-state index in [4.69, 9.17) is 19.3 Å². The number of hydrogen-bond acceptors (Lipinski definition) is 7. The summed E-state index contributed by atoms with van der Waals surface area (Å²) >= 11 is 0. The number of carbonyl (C=O) groups is 2. The standard InChI is InChI=1S/C46H85O9P/c1-4-6-30-36-43(47)37-32-27-23-19-17-21-24-28-33-38-45(48)53-40-44(41-54-56(50,51)52)55-46(49)39-34-29-25-20-16-14-12-10-8-7-9-11-13-15-18-22-26-31-35-42(3)5-2/h6,23,27,30,32,37,42-44,47H,4-5,7-22,24-26,28-29,31,33-36,38-41H2,1-3H3,(H2,50,51,52)/b27-23+,30-6+,37-32+/t42?,43?,44-/m1/s1. The lowest BCUT2D eigenvalue weighted by molar-refractivity contribution is -0.161.